The molecule has 0 aliphatic carbocycles. The average molecular weight is 518 g/mol. The molecule has 0 bridgehead atoms. The molecule has 0 aromatic heterocycles. The molecule has 0 N–H and O–H groups in total. The predicted octanol–water partition coefficient (Wildman–Crippen LogP) is 7.21. The van der Waals surface area contributed by atoms with Crippen molar-refractivity contribution in [3.8, 4) is 0 Å². The van der Waals surface area contributed by atoms with E-state index >= 15 is 0 Å². The van der Waals surface area contributed by atoms with Gasteiger partial charge in [0.25, 0.3) is 5.69 Å². The quantitative estimate of drug-likeness (QED) is 0.0353. The average Bonchev–Trinajstić information content (AvgIpc) is 2.88. The van der Waals surface area contributed by atoms with Crippen molar-refractivity contribution in [2.75, 3.05) is 13.2 Å². The molecule has 13 nitrogen and oxygen atoms in total. The van der Waals surface area contributed by atoms with Crippen LogP contribution in [0.5, 0.6) is 0 Å². The summed E-state index contributed by atoms with van der Waals surface area (Å²) in [6, 6.07) is 2.55. The van der Waals surface area contributed by atoms with Crippen LogP contribution in [0.3, 0.4) is 0 Å². The molecule has 13 heteroatoms. The number of nitro groups is 1. The predicted molar refractivity (Wildman–Crippen MR) is 137 cm³/mol. The van der Waals surface area contributed by atoms with Crippen molar-refractivity contribution >= 4 is 17.6 Å². The van der Waals surface area contributed by atoms with Crippen molar-refractivity contribution in [1.82, 2.24) is 0 Å². The lowest BCUT2D eigenvalue weighted by Gasteiger charge is -2.13. The van der Waals surface area contributed by atoms with Crippen LogP contribution >= 0.6 is 0 Å². The van der Waals surface area contributed by atoms with Gasteiger partial charge in [-0.3, -0.25) is 10.1 Å². The van der Waals surface area contributed by atoms with Crippen LogP contribution in [0.25, 0.3) is 20.9 Å². The van der Waals surface area contributed by atoms with Crippen LogP contribution in [0.1, 0.15) is 98.8 Å². The van der Waals surface area contributed by atoms with Crippen molar-refractivity contribution in [3.63, 3.8) is 0 Å². The highest BCUT2D eigenvalue weighted by Crippen LogP contribution is 2.21. The lowest BCUT2D eigenvalue weighted by molar-refractivity contribution is -0.384. The molecule has 1 rings (SSSR count). The molecule has 37 heavy (non-hydrogen) atoms. The van der Waals surface area contributed by atoms with Gasteiger partial charge >= 0.3 is 11.9 Å². The Kier molecular flexibility index (Phi) is 15.6. The van der Waals surface area contributed by atoms with Crippen LogP contribution < -0.4 is 0 Å². The van der Waals surface area contributed by atoms with E-state index in [9.17, 15) is 19.7 Å². The Labute approximate surface area is 215 Å². The second-order valence-electron chi connectivity index (χ2n) is 8.55. The molecule has 1 aromatic carbocycles. The third-order valence-electron chi connectivity index (χ3n) is 5.73. The van der Waals surface area contributed by atoms with E-state index in [0.29, 0.717) is 19.3 Å². The van der Waals surface area contributed by atoms with E-state index in [1.807, 2.05) is 0 Å². The van der Waals surface area contributed by atoms with Gasteiger partial charge in [0, 0.05) is 34.0 Å². The number of benzene rings is 1. The zero-order valence-electron chi connectivity index (χ0n) is 21.5. The van der Waals surface area contributed by atoms with Crippen molar-refractivity contribution < 1.29 is 24.0 Å². The summed E-state index contributed by atoms with van der Waals surface area (Å²) in [7, 11) is 0. The highest BCUT2D eigenvalue weighted by atomic mass is 16.6. The molecule has 202 valence electrons. The van der Waals surface area contributed by atoms with Crippen molar-refractivity contribution in [2.45, 2.75) is 90.1 Å². The number of carbonyl (C=O) groups is 2. The molecule has 0 fully saturated rings. The zero-order valence-corrected chi connectivity index (χ0v) is 21.5. The Morgan fingerprint density at radius 1 is 0.865 bits per heavy atom. The summed E-state index contributed by atoms with van der Waals surface area (Å²) in [5, 5.41) is 18.7. The fourth-order valence-corrected chi connectivity index (χ4v) is 3.65. The molecule has 0 amide bonds. The molecule has 0 heterocycles. The molecule has 0 saturated carbocycles. The number of nitrogens with zero attached hydrogens (tertiary/aromatic N) is 7. The molecular weight excluding hydrogens is 482 g/mol. The molecule has 0 radical (unpaired) electrons. The highest BCUT2D eigenvalue weighted by Gasteiger charge is 2.24. The molecular formula is C24H35N7O6. The second-order valence-corrected chi connectivity index (χ2v) is 8.55. The topological polar surface area (TPSA) is 193 Å². The monoisotopic (exact) mass is 517 g/mol. The SMILES string of the molecule is CCCCCC(CCOC(=O)c1ccc([N+](=O)[O-])cc1C(=O)OCCC(CCCCC)N=[N+]=[N-])N=[N+]=[N-]. The first-order valence-electron chi connectivity index (χ1n) is 12.6. The van der Waals surface area contributed by atoms with Gasteiger partial charge in [0.05, 0.1) is 29.3 Å². The van der Waals surface area contributed by atoms with Gasteiger partial charge in [-0.1, -0.05) is 62.6 Å². The fraction of sp³-hybridized carbons (Fsp3) is 0.667. The smallest absolute Gasteiger partial charge is 0.339 e. The summed E-state index contributed by atoms with van der Waals surface area (Å²) in [4.78, 5) is 41.7. The molecule has 2 atom stereocenters. The van der Waals surface area contributed by atoms with Crippen LogP contribution in [0.15, 0.2) is 28.4 Å². The number of unbranched alkanes of at least 4 members (excludes halogenated alkanes) is 4. The number of carbonyl (C=O) groups excluding carboxylic acids is 2. The van der Waals surface area contributed by atoms with Gasteiger partial charge in [-0.2, -0.15) is 0 Å². The van der Waals surface area contributed by atoms with Gasteiger partial charge < -0.3 is 9.47 Å². The van der Waals surface area contributed by atoms with Gasteiger partial charge in [-0.15, -0.1) is 0 Å². The van der Waals surface area contributed by atoms with Gasteiger partial charge in [0.15, 0.2) is 0 Å². The standard InChI is InChI=1S/C24H35N7O6/c1-3-5-7-9-18(27-29-25)13-15-36-23(32)21-12-11-20(31(34)35)17-22(21)24(33)37-16-14-19(28-30-26)10-8-6-4-2/h11-12,17-19H,3-10,13-16H2,1-2H3. The first-order valence-corrected chi connectivity index (χ1v) is 12.6. The van der Waals surface area contributed by atoms with E-state index in [1.54, 1.807) is 0 Å². The number of rotatable bonds is 19. The minimum Gasteiger partial charge on any atom is -0.462 e. The summed E-state index contributed by atoms with van der Waals surface area (Å²) in [6.45, 7) is 3.98. The fourth-order valence-electron chi connectivity index (χ4n) is 3.65. The van der Waals surface area contributed by atoms with Crippen LogP contribution in [0.2, 0.25) is 0 Å². The first kappa shape index (κ1) is 31.2. The van der Waals surface area contributed by atoms with Crippen LogP contribution in [-0.2, 0) is 9.47 Å². The van der Waals surface area contributed by atoms with Crippen molar-refractivity contribution in [1.29, 1.82) is 0 Å². The Morgan fingerprint density at radius 3 is 1.78 bits per heavy atom. The molecule has 0 saturated heterocycles. The maximum atomic E-state index is 12.7. The van der Waals surface area contributed by atoms with Crippen molar-refractivity contribution in [2.24, 2.45) is 10.2 Å². The third kappa shape index (κ3) is 12.1. The lowest BCUT2D eigenvalue weighted by Crippen LogP contribution is -2.18. The van der Waals surface area contributed by atoms with Crippen LogP contribution in [0, 0.1) is 10.1 Å². The highest BCUT2D eigenvalue weighted by molar-refractivity contribution is 6.03. The molecule has 1 aromatic rings. The van der Waals surface area contributed by atoms with E-state index in [4.69, 9.17) is 20.5 Å². The summed E-state index contributed by atoms with van der Waals surface area (Å²) < 4.78 is 10.5. The van der Waals surface area contributed by atoms with E-state index in [0.717, 1.165) is 56.7 Å². The number of azide groups is 2. The van der Waals surface area contributed by atoms with E-state index in [2.05, 4.69) is 33.9 Å². The van der Waals surface area contributed by atoms with Crippen LogP contribution in [-0.4, -0.2) is 42.2 Å². The largest absolute Gasteiger partial charge is 0.462 e. The van der Waals surface area contributed by atoms with Gasteiger partial charge in [0.1, 0.15) is 0 Å². The van der Waals surface area contributed by atoms with Crippen LogP contribution in [0.4, 0.5) is 5.69 Å². The Bertz CT molecular complexity index is 990. The minimum absolute atomic E-state index is 0.0499. The van der Waals surface area contributed by atoms with E-state index in [-0.39, 0.29) is 48.5 Å². The molecule has 2 unspecified atom stereocenters. The van der Waals surface area contributed by atoms with Gasteiger partial charge in [-0.05, 0) is 42.8 Å². The Hall–Kier alpha value is -3.82. The van der Waals surface area contributed by atoms with Gasteiger partial charge in [-0.25, -0.2) is 9.59 Å². The number of hydrogen-bond donors (Lipinski definition) is 0. The first-order chi connectivity index (χ1) is 17.9. The number of nitro benzene ring substituents is 1. The third-order valence-corrected chi connectivity index (χ3v) is 5.73. The van der Waals surface area contributed by atoms with E-state index < -0.39 is 16.9 Å². The summed E-state index contributed by atoms with van der Waals surface area (Å²) in [5.41, 5.74) is 16.7. The summed E-state index contributed by atoms with van der Waals surface area (Å²) in [5.74, 6) is -1.77. The molecule has 0 aliphatic rings. The lowest BCUT2D eigenvalue weighted by atomic mass is 10.1. The maximum absolute atomic E-state index is 12.7. The number of ether oxygens (including phenoxy) is 2. The number of esters is 2. The van der Waals surface area contributed by atoms with E-state index in [1.165, 1.54) is 0 Å². The van der Waals surface area contributed by atoms with Crippen molar-refractivity contribution in [3.05, 3.63) is 60.3 Å². The summed E-state index contributed by atoms with van der Waals surface area (Å²) in [6.07, 6.45) is 7.67. The summed E-state index contributed by atoms with van der Waals surface area (Å²) >= 11 is 0. The molecule has 0 spiro atoms. The zero-order chi connectivity index (χ0) is 27.5. The normalized spacial score (nSPS) is 11.9. The maximum Gasteiger partial charge on any atom is 0.339 e. The second kappa shape index (κ2) is 18.4. The minimum atomic E-state index is -0.921. The number of non-ortho nitro benzene ring substituents is 1. The molecule has 0 aliphatic heterocycles. The Morgan fingerprint density at radius 2 is 1.35 bits per heavy atom. The van der Waals surface area contributed by atoms with Gasteiger partial charge in [0.2, 0.25) is 0 Å². The number of hydrogen-bond acceptors (Lipinski definition) is 8. The Balaban J connectivity index is 2.86.